The molecule has 0 saturated heterocycles. The van der Waals surface area contributed by atoms with E-state index in [2.05, 4.69) is 14.8 Å². The van der Waals surface area contributed by atoms with E-state index >= 15 is 0 Å². The van der Waals surface area contributed by atoms with Crippen molar-refractivity contribution in [3.63, 3.8) is 0 Å². The van der Waals surface area contributed by atoms with Crippen LogP contribution in [0.3, 0.4) is 0 Å². The van der Waals surface area contributed by atoms with Crippen LogP contribution >= 0.6 is 11.3 Å². The van der Waals surface area contributed by atoms with Crippen LogP contribution in [0.2, 0.25) is 0 Å². The van der Waals surface area contributed by atoms with Crippen molar-refractivity contribution in [2.24, 2.45) is 0 Å². The number of carbonyl (C=O) groups excluding carboxylic acids is 1. The number of nitrogens with zero attached hydrogens (tertiary/aromatic N) is 5. The van der Waals surface area contributed by atoms with E-state index in [0.717, 1.165) is 32.8 Å². The molecule has 31 heavy (non-hydrogen) atoms. The van der Waals surface area contributed by atoms with Crippen LogP contribution in [-0.4, -0.2) is 37.1 Å². The smallest absolute Gasteiger partial charge is 0.254 e. The van der Waals surface area contributed by atoms with Crippen molar-refractivity contribution in [2.45, 2.75) is 26.4 Å². The van der Waals surface area contributed by atoms with Gasteiger partial charge in [-0.25, -0.2) is 9.37 Å². The molecule has 3 heterocycles. The predicted molar refractivity (Wildman–Crippen MR) is 117 cm³/mol. The Morgan fingerprint density at radius 3 is 2.55 bits per heavy atom. The van der Waals surface area contributed by atoms with Crippen LogP contribution in [0.5, 0.6) is 0 Å². The Kier molecular flexibility index (Phi) is 4.86. The Morgan fingerprint density at radius 2 is 1.81 bits per heavy atom. The van der Waals surface area contributed by atoms with Crippen LogP contribution in [0.1, 0.15) is 34.8 Å². The van der Waals surface area contributed by atoms with Crippen molar-refractivity contribution >= 4 is 17.2 Å². The zero-order valence-electron chi connectivity index (χ0n) is 17.1. The average molecular weight is 434 g/mol. The van der Waals surface area contributed by atoms with Gasteiger partial charge in [0.25, 0.3) is 5.91 Å². The molecule has 0 fully saturated rings. The molecule has 0 radical (unpaired) electrons. The normalized spacial score (nSPS) is 15.7. The number of hydrogen-bond acceptors (Lipinski definition) is 5. The predicted octanol–water partition coefficient (Wildman–Crippen LogP) is 4.73. The van der Waals surface area contributed by atoms with E-state index in [1.54, 1.807) is 16.2 Å². The Labute approximate surface area is 183 Å². The molecule has 5 rings (SSSR count). The van der Waals surface area contributed by atoms with E-state index < -0.39 is 0 Å². The van der Waals surface area contributed by atoms with Crippen molar-refractivity contribution in [3.05, 3.63) is 77.5 Å². The first-order valence-corrected chi connectivity index (χ1v) is 10.9. The maximum absolute atomic E-state index is 13.2. The second-order valence-electron chi connectivity index (χ2n) is 7.51. The van der Waals surface area contributed by atoms with Crippen molar-refractivity contribution in [2.75, 3.05) is 6.54 Å². The highest BCUT2D eigenvalue weighted by atomic mass is 32.1. The monoisotopic (exact) mass is 433 g/mol. The van der Waals surface area contributed by atoms with E-state index in [1.807, 2.05) is 44.2 Å². The minimum Gasteiger partial charge on any atom is -0.327 e. The molecule has 1 unspecified atom stereocenters. The topological polar surface area (TPSA) is 63.9 Å². The molecule has 1 atom stereocenters. The van der Waals surface area contributed by atoms with Gasteiger partial charge in [0, 0.05) is 24.2 Å². The summed E-state index contributed by atoms with van der Waals surface area (Å²) in [6.45, 7) is 5.04. The molecule has 1 amide bonds. The largest absolute Gasteiger partial charge is 0.327 e. The lowest BCUT2D eigenvalue weighted by Gasteiger charge is -2.33. The van der Waals surface area contributed by atoms with Gasteiger partial charge in [0.15, 0.2) is 11.6 Å². The summed E-state index contributed by atoms with van der Waals surface area (Å²) < 4.78 is 15.3. The number of aromatic nitrogens is 4. The molecule has 2 aromatic heterocycles. The van der Waals surface area contributed by atoms with E-state index in [-0.39, 0.29) is 17.8 Å². The zero-order valence-corrected chi connectivity index (χ0v) is 17.9. The summed E-state index contributed by atoms with van der Waals surface area (Å²) in [7, 11) is 0. The van der Waals surface area contributed by atoms with Crippen molar-refractivity contribution < 1.29 is 9.18 Å². The number of aryl methyl sites for hydroxylation is 1. The van der Waals surface area contributed by atoms with E-state index in [0.29, 0.717) is 18.7 Å². The molecule has 0 spiro atoms. The Hall–Kier alpha value is -3.39. The van der Waals surface area contributed by atoms with E-state index in [4.69, 9.17) is 4.98 Å². The van der Waals surface area contributed by atoms with Crippen molar-refractivity contribution in [1.29, 1.82) is 0 Å². The van der Waals surface area contributed by atoms with Gasteiger partial charge in [-0.1, -0.05) is 30.3 Å². The molecule has 8 heteroatoms. The van der Waals surface area contributed by atoms with Crippen molar-refractivity contribution in [3.8, 4) is 21.3 Å². The molecule has 0 bridgehead atoms. The van der Waals surface area contributed by atoms with E-state index in [9.17, 15) is 9.18 Å². The summed E-state index contributed by atoms with van der Waals surface area (Å²) in [6, 6.07) is 15.5. The first-order chi connectivity index (χ1) is 15.0. The minimum absolute atomic E-state index is 0.136. The number of amides is 1. The third-order valence-corrected chi connectivity index (χ3v) is 6.76. The maximum atomic E-state index is 13.2. The van der Waals surface area contributed by atoms with Crippen LogP contribution in [0.4, 0.5) is 4.39 Å². The highest BCUT2D eigenvalue weighted by Gasteiger charge is 2.33. The van der Waals surface area contributed by atoms with Gasteiger partial charge in [-0.3, -0.25) is 4.79 Å². The van der Waals surface area contributed by atoms with Gasteiger partial charge in [-0.05, 0) is 38.1 Å². The van der Waals surface area contributed by atoms with Crippen LogP contribution in [0.15, 0.2) is 54.6 Å². The quantitative estimate of drug-likeness (QED) is 0.468. The lowest BCUT2D eigenvalue weighted by Crippen LogP contribution is -2.41. The van der Waals surface area contributed by atoms with E-state index in [1.165, 1.54) is 24.3 Å². The molecule has 4 aromatic rings. The van der Waals surface area contributed by atoms with Crippen molar-refractivity contribution in [1.82, 2.24) is 24.6 Å². The van der Waals surface area contributed by atoms with Crippen LogP contribution < -0.4 is 0 Å². The van der Waals surface area contributed by atoms with Gasteiger partial charge in [0.2, 0.25) is 0 Å². The van der Waals surface area contributed by atoms with Gasteiger partial charge in [-0.2, -0.15) is 0 Å². The fourth-order valence-corrected chi connectivity index (χ4v) is 4.96. The van der Waals surface area contributed by atoms with Gasteiger partial charge in [0.1, 0.15) is 10.8 Å². The Bertz CT molecular complexity index is 1250. The van der Waals surface area contributed by atoms with Crippen LogP contribution in [-0.2, 0) is 6.54 Å². The fraction of sp³-hybridized carbons (Fsp3) is 0.217. The highest BCUT2D eigenvalue weighted by molar-refractivity contribution is 7.18. The number of carbonyl (C=O) groups is 1. The van der Waals surface area contributed by atoms with Crippen LogP contribution in [0, 0.1) is 12.7 Å². The summed E-state index contributed by atoms with van der Waals surface area (Å²) in [5.74, 6) is 1.03. The first kappa shape index (κ1) is 19.6. The molecule has 0 aliphatic carbocycles. The van der Waals surface area contributed by atoms with Gasteiger partial charge in [0.05, 0.1) is 16.6 Å². The molecular formula is C23H20FN5OS. The molecule has 0 N–H and O–H groups in total. The summed E-state index contributed by atoms with van der Waals surface area (Å²) in [4.78, 5) is 20.4. The fourth-order valence-electron chi connectivity index (χ4n) is 3.90. The Balaban J connectivity index is 1.46. The minimum atomic E-state index is -0.359. The standard InChI is InChI=1S/C23H20FN5OS/c1-14-19(31-22(25-14)16-6-4-3-5-7-16)21-27-26-20-15(2)28(12-13-29(20)21)23(30)17-8-10-18(24)11-9-17/h3-11,15H,12-13H2,1-2H3. The SMILES string of the molecule is Cc1nc(-c2ccccc2)sc1-c1nnc2n1CCN(C(=O)c1ccc(F)cc1)C2C. The number of thiazole rings is 1. The van der Waals surface area contributed by atoms with Crippen LogP contribution in [0.25, 0.3) is 21.3 Å². The molecule has 0 saturated carbocycles. The van der Waals surface area contributed by atoms with Gasteiger partial charge < -0.3 is 9.47 Å². The number of fused-ring (bicyclic) bond motifs is 1. The number of rotatable bonds is 3. The summed E-state index contributed by atoms with van der Waals surface area (Å²) in [5, 5.41) is 9.82. The van der Waals surface area contributed by atoms with Gasteiger partial charge in [-0.15, -0.1) is 21.5 Å². The molecule has 6 nitrogen and oxygen atoms in total. The Morgan fingerprint density at radius 1 is 1.06 bits per heavy atom. The highest BCUT2D eigenvalue weighted by Crippen LogP contribution is 2.36. The van der Waals surface area contributed by atoms with Gasteiger partial charge >= 0.3 is 0 Å². The molecule has 156 valence electrons. The number of benzene rings is 2. The summed E-state index contributed by atoms with van der Waals surface area (Å²) in [6.07, 6.45) is 0. The summed E-state index contributed by atoms with van der Waals surface area (Å²) >= 11 is 1.60. The third-order valence-electron chi connectivity index (χ3n) is 5.56. The molecule has 1 aliphatic heterocycles. The lowest BCUT2D eigenvalue weighted by atomic mass is 10.1. The third kappa shape index (κ3) is 3.42. The lowest BCUT2D eigenvalue weighted by molar-refractivity contribution is 0.0638. The second-order valence-corrected chi connectivity index (χ2v) is 8.51. The first-order valence-electron chi connectivity index (χ1n) is 10.1. The number of halogens is 1. The average Bonchev–Trinajstić information content (AvgIpc) is 3.38. The molecular weight excluding hydrogens is 413 g/mol. The zero-order chi connectivity index (χ0) is 21.5. The maximum Gasteiger partial charge on any atom is 0.254 e. The second kappa shape index (κ2) is 7.70. The molecule has 2 aromatic carbocycles. The number of hydrogen-bond donors (Lipinski definition) is 0. The molecule has 1 aliphatic rings. The summed E-state index contributed by atoms with van der Waals surface area (Å²) in [5.41, 5.74) is 2.45.